The zero-order valence-electron chi connectivity index (χ0n) is 20.3. The maximum Gasteiger partial charge on any atom is 0.0536 e. The normalized spacial score (nSPS) is 17.5. The fourth-order valence-corrected chi connectivity index (χ4v) is 5.33. The highest BCUT2D eigenvalue weighted by atomic mass is 15.1. The van der Waals surface area contributed by atoms with E-state index in [9.17, 15) is 0 Å². The molecule has 0 spiro atoms. The molecule has 0 N–H and O–H groups in total. The van der Waals surface area contributed by atoms with E-state index in [0.717, 1.165) is 12.1 Å². The third kappa shape index (κ3) is 3.68. The smallest absolute Gasteiger partial charge is 0.0536 e. The van der Waals surface area contributed by atoms with Gasteiger partial charge in [-0.05, 0) is 66.3 Å². The third-order valence-electron chi connectivity index (χ3n) is 7.21. The molecule has 0 heterocycles. The Morgan fingerprint density at radius 2 is 1.41 bits per heavy atom. The number of nitrogens with zero attached hydrogens (tertiary/aromatic N) is 1. The summed E-state index contributed by atoms with van der Waals surface area (Å²) in [6.07, 6.45) is 3.11. The van der Waals surface area contributed by atoms with Crippen molar-refractivity contribution in [3.05, 3.63) is 138 Å². The van der Waals surface area contributed by atoms with Crippen LogP contribution in [0.3, 0.4) is 0 Å². The van der Waals surface area contributed by atoms with E-state index >= 15 is 0 Å². The second-order valence-corrected chi connectivity index (χ2v) is 9.36. The lowest BCUT2D eigenvalue weighted by Gasteiger charge is -2.30. The van der Waals surface area contributed by atoms with Crippen LogP contribution in [0.25, 0.3) is 16.7 Å². The fourth-order valence-electron chi connectivity index (χ4n) is 5.33. The lowest BCUT2D eigenvalue weighted by molar-refractivity contribution is 0.612. The van der Waals surface area contributed by atoms with Crippen LogP contribution in [0.1, 0.15) is 43.9 Å². The summed E-state index contributed by atoms with van der Waals surface area (Å²) in [5.41, 5.74) is 11.1. The first-order valence-corrected chi connectivity index (χ1v) is 12.0. The molecule has 0 amide bonds. The SMILES string of the molecule is C=C1CC(C)(c2ccccc2)c2cccc(N(/C(C)=C/C)c3ccc(-c4ccccc4)cc3)c21. The van der Waals surface area contributed by atoms with Gasteiger partial charge in [0.15, 0.2) is 0 Å². The second kappa shape index (κ2) is 8.83. The Hall–Kier alpha value is -3.84. The molecule has 1 aliphatic rings. The predicted molar refractivity (Wildman–Crippen MR) is 146 cm³/mol. The summed E-state index contributed by atoms with van der Waals surface area (Å²) in [5, 5.41) is 0. The van der Waals surface area contributed by atoms with Gasteiger partial charge in [0.25, 0.3) is 0 Å². The van der Waals surface area contributed by atoms with E-state index < -0.39 is 0 Å². The molecule has 34 heavy (non-hydrogen) atoms. The Kier molecular flexibility index (Phi) is 5.71. The summed E-state index contributed by atoms with van der Waals surface area (Å²) in [5.74, 6) is 0. The molecule has 1 nitrogen and oxygen atoms in total. The van der Waals surface area contributed by atoms with Crippen LogP contribution >= 0.6 is 0 Å². The zero-order chi connectivity index (χ0) is 23.7. The molecule has 5 rings (SSSR count). The van der Waals surface area contributed by atoms with Gasteiger partial charge >= 0.3 is 0 Å². The van der Waals surface area contributed by atoms with Crippen molar-refractivity contribution in [3.63, 3.8) is 0 Å². The largest absolute Gasteiger partial charge is 0.314 e. The highest BCUT2D eigenvalue weighted by molar-refractivity contribution is 5.88. The third-order valence-corrected chi connectivity index (χ3v) is 7.21. The average molecular weight is 442 g/mol. The summed E-state index contributed by atoms with van der Waals surface area (Å²) in [6.45, 7) is 11.2. The minimum Gasteiger partial charge on any atom is -0.314 e. The standard InChI is InChI=1S/C33H31N/c1-5-25(3)34(29-21-19-27(20-22-29)26-13-8-6-9-14-26)31-18-12-17-30-32(31)24(2)23-33(30,4)28-15-10-7-11-16-28/h5-22H,2,23H2,1,3-4H3/b25-5+. The number of fused-ring (bicyclic) bond motifs is 1. The van der Waals surface area contributed by atoms with Crippen LogP contribution in [0.5, 0.6) is 0 Å². The van der Waals surface area contributed by atoms with Gasteiger partial charge in [-0.25, -0.2) is 0 Å². The van der Waals surface area contributed by atoms with Crippen LogP contribution in [-0.2, 0) is 5.41 Å². The average Bonchev–Trinajstić information content (AvgIpc) is 3.17. The molecule has 0 fully saturated rings. The van der Waals surface area contributed by atoms with Crippen LogP contribution < -0.4 is 4.90 Å². The molecular formula is C33H31N. The number of rotatable bonds is 5. The van der Waals surface area contributed by atoms with Gasteiger partial charge in [-0.15, -0.1) is 0 Å². The Bertz CT molecular complexity index is 1350. The van der Waals surface area contributed by atoms with Gasteiger partial charge in [-0.2, -0.15) is 0 Å². The Balaban J connectivity index is 1.63. The molecule has 0 saturated carbocycles. The van der Waals surface area contributed by atoms with Crippen LogP contribution in [0.15, 0.2) is 121 Å². The summed E-state index contributed by atoms with van der Waals surface area (Å²) in [4.78, 5) is 2.37. The Labute approximate surface area is 203 Å². The molecule has 0 bridgehead atoms. The van der Waals surface area contributed by atoms with E-state index in [1.165, 1.54) is 44.8 Å². The summed E-state index contributed by atoms with van der Waals surface area (Å²) in [7, 11) is 0. The first kappa shape index (κ1) is 22.0. The Morgan fingerprint density at radius 1 is 0.794 bits per heavy atom. The molecule has 0 aromatic heterocycles. The van der Waals surface area contributed by atoms with Crippen molar-refractivity contribution in [2.75, 3.05) is 4.90 Å². The number of benzene rings is 4. The molecule has 0 aliphatic heterocycles. The van der Waals surface area contributed by atoms with Crippen molar-refractivity contribution in [2.24, 2.45) is 0 Å². The van der Waals surface area contributed by atoms with E-state index in [1.54, 1.807) is 0 Å². The zero-order valence-corrected chi connectivity index (χ0v) is 20.3. The highest BCUT2D eigenvalue weighted by Gasteiger charge is 2.40. The van der Waals surface area contributed by atoms with E-state index in [-0.39, 0.29) is 5.41 Å². The van der Waals surface area contributed by atoms with Crippen LogP contribution in [-0.4, -0.2) is 0 Å². The predicted octanol–water partition coefficient (Wildman–Crippen LogP) is 9.14. The van der Waals surface area contributed by atoms with Crippen molar-refractivity contribution < 1.29 is 0 Å². The minimum atomic E-state index is -0.0731. The lowest BCUT2D eigenvalue weighted by atomic mass is 9.77. The van der Waals surface area contributed by atoms with Gasteiger partial charge in [0.2, 0.25) is 0 Å². The second-order valence-electron chi connectivity index (χ2n) is 9.36. The summed E-state index contributed by atoms with van der Waals surface area (Å²) >= 11 is 0. The monoisotopic (exact) mass is 441 g/mol. The molecule has 4 aromatic rings. The summed E-state index contributed by atoms with van der Waals surface area (Å²) < 4.78 is 0. The molecular weight excluding hydrogens is 410 g/mol. The molecule has 4 aromatic carbocycles. The quantitative estimate of drug-likeness (QED) is 0.298. The first-order valence-electron chi connectivity index (χ1n) is 12.0. The lowest BCUT2D eigenvalue weighted by Crippen LogP contribution is -2.20. The minimum absolute atomic E-state index is 0.0731. The fraction of sp³-hybridized carbons (Fsp3) is 0.152. The van der Waals surface area contributed by atoms with E-state index in [0.29, 0.717) is 0 Å². The molecule has 1 atom stereocenters. The van der Waals surface area contributed by atoms with Crippen molar-refractivity contribution in [1.29, 1.82) is 0 Å². The van der Waals surface area contributed by atoms with Gasteiger partial charge in [-0.3, -0.25) is 0 Å². The molecule has 1 heteroatoms. The van der Waals surface area contributed by atoms with Crippen molar-refractivity contribution in [1.82, 2.24) is 0 Å². The van der Waals surface area contributed by atoms with E-state index in [4.69, 9.17) is 0 Å². The van der Waals surface area contributed by atoms with Crippen LogP contribution in [0.4, 0.5) is 11.4 Å². The number of hydrogen-bond donors (Lipinski definition) is 0. The molecule has 1 aliphatic carbocycles. The number of hydrogen-bond acceptors (Lipinski definition) is 1. The highest BCUT2D eigenvalue weighted by Crippen LogP contribution is 2.53. The number of anilines is 2. The summed E-state index contributed by atoms with van der Waals surface area (Å²) in [6, 6.07) is 37.0. The molecule has 0 radical (unpaired) electrons. The molecule has 1 unspecified atom stereocenters. The van der Waals surface area contributed by atoms with Gasteiger partial charge in [-0.1, -0.05) is 105 Å². The van der Waals surface area contributed by atoms with Crippen molar-refractivity contribution >= 4 is 16.9 Å². The topological polar surface area (TPSA) is 3.24 Å². The molecule has 168 valence electrons. The Morgan fingerprint density at radius 3 is 2.06 bits per heavy atom. The molecule has 0 saturated heterocycles. The van der Waals surface area contributed by atoms with Gasteiger partial charge < -0.3 is 4.90 Å². The van der Waals surface area contributed by atoms with E-state index in [1.807, 2.05) is 0 Å². The van der Waals surface area contributed by atoms with Gasteiger partial charge in [0.1, 0.15) is 0 Å². The van der Waals surface area contributed by atoms with Gasteiger partial charge in [0, 0.05) is 22.4 Å². The maximum absolute atomic E-state index is 4.55. The van der Waals surface area contributed by atoms with E-state index in [2.05, 4.69) is 141 Å². The van der Waals surface area contributed by atoms with Crippen LogP contribution in [0, 0.1) is 0 Å². The van der Waals surface area contributed by atoms with Crippen molar-refractivity contribution in [3.8, 4) is 11.1 Å². The van der Waals surface area contributed by atoms with Gasteiger partial charge in [0.05, 0.1) is 5.69 Å². The van der Waals surface area contributed by atoms with Crippen molar-refractivity contribution in [2.45, 2.75) is 32.6 Å². The number of allylic oxidation sites excluding steroid dienone is 3. The first-order chi connectivity index (χ1) is 16.5. The van der Waals surface area contributed by atoms with Crippen LogP contribution in [0.2, 0.25) is 0 Å². The maximum atomic E-state index is 4.55.